The van der Waals surface area contributed by atoms with Crippen LogP contribution in [0.25, 0.3) is 0 Å². The minimum atomic E-state index is 0.397. The number of methoxy groups -OCH3 is 1. The summed E-state index contributed by atoms with van der Waals surface area (Å²) in [5, 5.41) is 4.45. The minimum Gasteiger partial charge on any atom is -0.496 e. The molecule has 2 aliphatic rings. The van der Waals surface area contributed by atoms with Gasteiger partial charge in [0.1, 0.15) is 5.75 Å². The second-order valence-corrected chi connectivity index (χ2v) is 6.19. The van der Waals surface area contributed by atoms with Crippen LogP contribution in [0, 0.1) is 17.8 Å². The van der Waals surface area contributed by atoms with Crippen LogP contribution in [-0.2, 0) is 0 Å². The standard InChI is InChI=1S/C16H22ClNO/c1-3-18-16(15-11-5-4-6-12(11)15)13-9-10(17)7-8-14(13)19-2/h7-9,11-12,15-16,18H,3-6H2,1-2H3. The lowest BCUT2D eigenvalue weighted by Gasteiger charge is -2.22. The number of rotatable bonds is 5. The van der Waals surface area contributed by atoms with Gasteiger partial charge in [0.2, 0.25) is 0 Å². The van der Waals surface area contributed by atoms with Gasteiger partial charge in [-0.3, -0.25) is 0 Å². The summed E-state index contributed by atoms with van der Waals surface area (Å²) in [7, 11) is 1.74. The number of ether oxygens (including phenoxy) is 1. The maximum absolute atomic E-state index is 6.18. The number of fused-ring (bicyclic) bond motifs is 1. The van der Waals surface area contributed by atoms with E-state index in [0.717, 1.165) is 35.1 Å². The summed E-state index contributed by atoms with van der Waals surface area (Å²) in [5.74, 6) is 3.59. The molecule has 0 spiro atoms. The van der Waals surface area contributed by atoms with Crippen molar-refractivity contribution < 1.29 is 4.74 Å². The monoisotopic (exact) mass is 279 g/mol. The van der Waals surface area contributed by atoms with Gasteiger partial charge in [0.15, 0.2) is 0 Å². The molecule has 1 aromatic rings. The molecule has 0 heterocycles. The first-order valence-corrected chi connectivity index (χ1v) is 7.71. The molecule has 0 saturated heterocycles. The van der Waals surface area contributed by atoms with E-state index in [-0.39, 0.29) is 0 Å². The molecule has 19 heavy (non-hydrogen) atoms. The lowest BCUT2D eigenvalue weighted by molar-refractivity contribution is 0.378. The lowest BCUT2D eigenvalue weighted by atomic mass is 9.96. The van der Waals surface area contributed by atoms with Crippen molar-refractivity contribution in [2.45, 2.75) is 32.2 Å². The van der Waals surface area contributed by atoms with Gasteiger partial charge in [0.05, 0.1) is 7.11 Å². The molecule has 0 radical (unpaired) electrons. The highest BCUT2D eigenvalue weighted by molar-refractivity contribution is 6.30. The van der Waals surface area contributed by atoms with Gasteiger partial charge in [0.25, 0.3) is 0 Å². The molecule has 2 fully saturated rings. The highest BCUT2D eigenvalue weighted by Gasteiger charge is 2.56. The predicted octanol–water partition coefficient (Wildman–Crippen LogP) is 4.05. The first kappa shape index (κ1) is 13.3. The number of hydrogen-bond donors (Lipinski definition) is 1. The quantitative estimate of drug-likeness (QED) is 0.878. The van der Waals surface area contributed by atoms with Gasteiger partial charge in [-0.2, -0.15) is 0 Å². The molecule has 3 rings (SSSR count). The highest BCUT2D eigenvalue weighted by atomic mass is 35.5. The van der Waals surface area contributed by atoms with Crippen LogP contribution >= 0.6 is 11.6 Å². The molecule has 0 aromatic heterocycles. The summed E-state index contributed by atoms with van der Waals surface area (Å²) < 4.78 is 5.53. The van der Waals surface area contributed by atoms with E-state index in [1.54, 1.807) is 7.11 Å². The zero-order valence-electron chi connectivity index (χ0n) is 11.7. The van der Waals surface area contributed by atoms with Crippen molar-refractivity contribution in [3.63, 3.8) is 0 Å². The van der Waals surface area contributed by atoms with Crippen LogP contribution in [0.1, 0.15) is 37.8 Å². The van der Waals surface area contributed by atoms with Gasteiger partial charge in [0, 0.05) is 16.6 Å². The summed E-state index contributed by atoms with van der Waals surface area (Å²) in [5.41, 5.74) is 1.23. The predicted molar refractivity (Wildman–Crippen MR) is 78.7 cm³/mol. The first-order valence-electron chi connectivity index (χ1n) is 7.33. The summed E-state index contributed by atoms with van der Waals surface area (Å²) in [6.07, 6.45) is 4.22. The Balaban J connectivity index is 1.89. The summed E-state index contributed by atoms with van der Waals surface area (Å²) >= 11 is 6.18. The van der Waals surface area contributed by atoms with E-state index in [1.165, 1.54) is 24.8 Å². The Morgan fingerprint density at radius 2 is 2.11 bits per heavy atom. The molecule has 3 heteroatoms. The molecule has 3 unspecified atom stereocenters. The normalized spacial score (nSPS) is 29.9. The Bertz CT molecular complexity index is 452. The van der Waals surface area contributed by atoms with Crippen LogP contribution in [-0.4, -0.2) is 13.7 Å². The maximum atomic E-state index is 6.18. The van der Waals surface area contributed by atoms with E-state index in [4.69, 9.17) is 16.3 Å². The molecule has 0 bridgehead atoms. The van der Waals surface area contributed by atoms with Crippen LogP contribution < -0.4 is 10.1 Å². The molecule has 0 amide bonds. The molecule has 2 saturated carbocycles. The van der Waals surface area contributed by atoms with Gasteiger partial charge in [-0.05, 0) is 55.3 Å². The average molecular weight is 280 g/mol. The van der Waals surface area contributed by atoms with Crippen molar-refractivity contribution in [3.05, 3.63) is 28.8 Å². The van der Waals surface area contributed by atoms with Gasteiger partial charge in [-0.25, -0.2) is 0 Å². The summed E-state index contributed by atoms with van der Waals surface area (Å²) in [6, 6.07) is 6.36. The molecular weight excluding hydrogens is 258 g/mol. The second kappa shape index (κ2) is 5.34. The lowest BCUT2D eigenvalue weighted by Crippen LogP contribution is -2.25. The zero-order valence-corrected chi connectivity index (χ0v) is 12.4. The topological polar surface area (TPSA) is 21.3 Å². The number of benzene rings is 1. The fourth-order valence-electron chi connectivity index (χ4n) is 3.99. The fraction of sp³-hybridized carbons (Fsp3) is 0.625. The Labute approximate surface area is 120 Å². The van der Waals surface area contributed by atoms with Gasteiger partial charge >= 0.3 is 0 Å². The summed E-state index contributed by atoms with van der Waals surface area (Å²) in [4.78, 5) is 0. The van der Waals surface area contributed by atoms with E-state index in [1.807, 2.05) is 12.1 Å². The SMILES string of the molecule is CCNC(c1cc(Cl)ccc1OC)C1C2CCCC21. The smallest absolute Gasteiger partial charge is 0.123 e. The van der Waals surface area contributed by atoms with Crippen LogP contribution in [0.4, 0.5) is 0 Å². The minimum absolute atomic E-state index is 0.397. The Kier molecular flexibility index (Phi) is 3.72. The average Bonchev–Trinajstić information content (AvgIpc) is 2.87. The molecule has 104 valence electrons. The Hall–Kier alpha value is -0.730. The molecule has 1 aromatic carbocycles. The maximum Gasteiger partial charge on any atom is 0.123 e. The van der Waals surface area contributed by atoms with Crippen molar-refractivity contribution in [2.24, 2.45) is 17.8 Å². The van der Waals surface area contributed by atoms with E-state index < -0.39 is 0 Å². The number of halogens is 1. The van der Waals surface area contributed by atoms with Gasteiger partial charge < -0.3 is 10.1 Å². The molecule has 2 aliphatic carbocycles. The third kappa shape index (κ3) is 2.36. The van der Waals surface area contributed by atoms with E-state index in [9.17, 15) is 0 Å². The second-order valence-electron chi connectivity index (χ2n) is 5.76. The molecule has 0 aliphatic heterocycles. The number of hydrogen-bond acceptors (Lipinski definition) is 2. The van der Waals surface area contributed by atoms with Crippen molar-refractivity contribution in [3.8, 4) is 5.75 Å². The van der Waals surface area contributed by atoms with Crippen molar-refractivity contribution >= 4 is 11.6 Å². The Morgan fingerprint density at radius 3 is 2.74 bits per heavy atom. The van der Waals surface area contributed by atoms with Crippen LogP contribution in [0.2, 0.25) is 5.02 Å². The molecule has 3 atom stereocenters. The van der Waals surface area contributed by atoms with Gasteiger partial charge in [-0.15, -0.1) is 0 Å². The third-order valence-electron chi connectivity index (χ3n) is 4.81. The van der Waals surface area contributed by atoms with Crippen LogP contribution in [0.3, 0.4) is 0 Å². The van der Waals surface area contributed by atoms with E-state index in [0.29, 0.717) is 6.04 Å². The number of nitrogens with one attached hydrogen (secondary N) is 1. The van der Waals surface area contributed by atoms with Crippen LogP contribution in [0.15, 0.2) is 18.2 Å². The largest absolute Gasteiger partial charge is 0.496 e. The van der Waals surface area contributed by atoms with Crippen molar-refractivity contribution in [2.75, 3.05) is 13.7 Å². The third-order valence-corrected chi connectivity index (χ3v) is 5.04. The van der Waals surface area contributed by atoms with Gasteiger partial charge in [-0.1, -0.05) is 24.9 Å². The Morgan fingerprint density at radius 1 is 1.37 bits per heavy atom. The molecule has 1 N–H and O–H groups in total. The summed E-state index contributed by atoms with van der Waals surface area (Å²) in [6.45, 7) is 3.15. The molecule has 2 nitrogen and oxygen atoms in total. The molecular formula is C16H22ClNO. The van der Waals surface area contributed by atoms with Crippen molar-refractivity contribution in [1.29, 1.82) is 0 Å². The van der Waals surface area contributed by atoms with E-state index >= 15 is 0 Å². The van der Waals surface area contributed by atoms with Crippen molar-refractivity contribution in [1.82, 2.24) is 5.32 Å². The van der Waals surface area contributed by atoms with E-state index in [2.05, 4.69) is 18.3 Å². The fourth-order valence-corrected chi connectivity index (χ4v) is 4.17. The van der Waals surface area contributed by atoms with Crippen LogP contribution in [0.5, 0.6) is 5.75 Å². The zero-order chi connectivity index (χ0) is 13.4. The highest BCUT2D eigenvalue weighted by Crippen LogP contribution is 2.62. The first-order chi connectivity index (χ1) is 9.26.